The number of ether oxygens (including phenoxy) is 1. The van der Waals surface area contributed by atoms with Crippen LogP contribution in [-0.2, 0) is 22.6 Å². The summed E-state index contributed by atoms with van der Waals surface area (Å²) in [6.07, 6.45) is 2.17. The van der Waals surface area contributed by atoms with E-state index >= 15 is 0 Å². The summed E-state index contributed by atoms with van der Waals surface area (Å²) in [6, 6.07) is 10.9. The molecule has 1 aromatic heterocycles. The molecule has 8 heteroatoms. The normalized spacial score (nSPS) is 18.0. The number of aromatic nitrogens is 1. The molecular formula is C24H25F2N3O3. The van der Waals surface area contributed by atoms with Crippen LogP contribution in [0.2, 0.25) is 0 Å². The van der Waals surface area contributed by atoms with Crippen LogP contribution in [0.25, 0.3) is 10.9 Å². The number of methoxy groups -OCH3 is 1. The maximum atomic E-state index is 13.7. The molecule has 4 rings (SSSR count). The van der Waals surface area contributed by atoms with Crippen molar-refractivity contribution < 1.29 is 23.1 Å². The minimum absolute atomic E-state index is 0.0511. The van der Waals surface area contributed by atoms with E-state index in [1.807, 2.05) is 0 Å². The first-order valence-corrected chi connectivity index (χ1v) is 10.5. The Morgan fingerprint density at radius 2 is 2.03 bits per heavy atom. The minimum Gasteiger partial charge on any atom is -0.494 e. The van der Waals surface area contributed by atoms with E-state index in [1.165, 1.54) is 25.3 Å². The second-order valence-electron chi connectivity index (χ2n) is 8.28. The fourth-order valence-electron chi connectivity index (χ4n) is 4.28. The molecule has 2 aromatic carbocycles. The van der Waals surface area contributed by atoms with Crippen molar-refractivity contribution in [2.24, 2.45) is 0 Å². The van der Waals surface area contributed by atoms with Gasteiger partial charge in [0, 0.05) is 35.0 Å². The van der Waals surface area contributed by atoms with Crippen LogP contribution in [0.4, 0.5) is 8.78 Å². The van der Waals surface area contributed by atoms with Gasteiger partial charge in [-0.3, -0.25) is 9.59 Å². The van der Waals surface area contributed by atoms with Crippen LogP contribution in [-0.4, -0.2) is 29.4 Å². The Hall–Kier alpha value is -3.42. The summed E-state index contributed by atoms with van der Waals surface area (Å²) in [4.78, 5) is 27.6. The monoisotopic (exact) mass is 441 g/mol. The van der Waals surface area contributed by atoms with Gasteiger partial charge < -0.3 is 20.4 Å². The summed E-state index contributed by atoms with van der Waals surface area (Å²) >= 11 is 0. The first kappa shape index (κ1) is 21.8. The third-order valence-corrected chi connectivity index (χ3v) is 5.94. The molecule has 0 saturated carbocycles. The van der Waals surface area contributed by atoms with Gasteiger partial charge in [-0.25, -0.2) is 8.78 Å². The highest BCUT2D eigenvalue weighted by Crippen LogP contribution is 2.31. The number of nitrogens with one attached hydrogen (secondary N) is 3. The van der Waals surface area contributed by atoms with E-state index in [2.05, 4.69) is 15.6 Å². The number of amides is 2. The topological polar surface area (TPSA) is 83.2 Å². The van der Waals surface area contributed by atoms with Gasteiger partial charge in [-0.15, -0.1) is 0 Å². The number of hydrogen-bond acceptors (Lipinski definition) is 3. The van der Waals surface area contributed by atoms with E-state index in [4.69, 9.17) is 4.74 Å². The van der Waals surface area contributed by atoms with E-state index in [0.29, 0.717) is 32.2 Å². The summed E-state index contributed by atoms with van der Waals surface area (Å²) in [5.41, 5.74) is 1.85. The third kappa shape index (κ3) is 4.90. The summed E-state index contributed by atoms with van der Waals surface area (Å²) in [7, 11) is 1.41. The predicted molar refractivity (Wildman–Crippen MR) is 116 cm³/mol. The highest BCUT2D eigenvalue weighted by molar-refractivity contribution is 5.81. The number of halogens is 2. The van der Waals surface area contributed by atoms with Crippen molar-refractivity contribution >= 4 is 22.7 Å². The zero-order valence-electron chi connectivity index (χ0n) is 17.8. The Kier molecular flexibility index (Phi) is 6.12. The number of carbonyl (C=O) groups is 2. The Bertz CT molecular complexity index is 1160. The van der Waals surface area contributed by atoms with Gasteiger partial charge in [0.05, 0.1) is 13.7 Å². The smallest absolute Gasteiger partial charge is 0.220 e. The van der Waals surface area contributed by atoms with E-state index in [1.54, 1.807) is 24.3 Å². The standard InChI is InChI=1S/C24H25F2N3O3/c1-32-21-10-15(2-4-19(21)26)13-24(9-7-23(31)29-24)8-6-22(30)27-14-18-12-16-11-17(25)3-5-20(16)28-18/h2-5,10-12,28H,6-9,13-14H2,1H3,(H,27,30)(H,29,31). The maximum Gasteiger partial charge on any atom is 0.220 e. The van der Waals surface area contributed by atoms with Crippen molar-refractivity contribution in [3.8, 4) is 5.75 Å². The zero-order valence-corrected chi connectivity index (χ0v) is 17.8. The van der Waals surface area contributed by atoms with E-state index in [9.17, 15) is 18.4 Å². The van der Waals surface area contributed by atoms with Gasteiger partial charge in [-0.2, -0.15) is 0 Å². The summed E-state index contributed by atoms with van der Waals surface area (Å²) < 4.78 is 32.1. The number of rotatable bonds is 8. The van der Waals surface area contributed by atoms with Crippen molar-refractivity contribution in [3.63, 3.8) is 0 Å². The maximum absolute atomic E-state index is 13.7. The van der Waals surface area contributed by atoms with Crippen molar-refractivity contribution in [1.29, 1.82) is 0 Å². The van der Waals surface area contributed by atoms with Crippen LogP contribution < -0.4 is 15.4 Å². The lowest BCUT2D eigenvalue weighted by molar-refractivity contribution is -0.122. The number of hydrogen-bond donors (Lipinski definition) is 3. The number of fused-ring (bicyclic) bond motifs is 1. The zero-order chi connectivity index (χ0) is 22.7. The molecule has 1 fully saturated rings. The first-order valence-electron chi connectivity index (χ1n) is 10.5. The quantitative estimate of drug-likeness (QED) is 0.498. The Balaban J connectivity index is 1.37. The van der Waals surface area contributed by atoms with Gasteiger partial charge in [0.25, 0.3) is 0 Å². The average molecular weight is 441 g/mol. The molecule has 1 unspecified atom stereocenters. The molecule has 1 atom stereocenters. The molecule has 6 nitrogen and oxygen atoms in total. The second-order valence-corrected chi connectivity index (χ2v) is 8.28. The number of H-pyrrole nitrogens is 1. The Morgan fingerprint density at radius 1 is 1.19 bits per heavy atom. The lowest BCUT2D eigenvalue weighted by atomic mass is 9.85. The van der Waals surface area contributed by atoms with Crippen LogP contribution in [0.5, 0.6) is 5.75 Å². The van der Waals surface area contributed by atoms with Crippen LogP contribution in [0, 0.1) is 11.6 Å². The van der Waals surface area contributed by atoms with Gasteiger partial charge in [-0.1, -0.05) is 6.07 Å². The summed E-state index contributed by atoms with van der Waals surface area (Å²) in [6.45, 7) is 0.295. The molecule has 3 N–H and O–H groups in total. The molecule has 32 heavy (non-hydrogen) atoms. The van der Waals surface area contributed by atoms with Crippen molar-refractivity contribution in [2.75, 3.05) is 7.11 Å². The van der Waals surface area contributed by atoms with Gasteiger partial charge in [0.1, 0.15) is 5.82 Å². The number of aromatic amines is 1. The van der Waals surface area contributed by atoms with Crippen molar-refractivity contribution in [3.05, 3.63) is 65.4 Å². The van der Waals surface area contributed by atoms with Gasteiger partial charge in [0.15, 0.2) is 11.6 Å². The minimum atomic E-state index is -0.560. The van der Waals surface area contributed by atoms with E-state index in [0.717, 1.165) is 22.2 Å². The van der Waals surface area contributed by atoms with Crippen molar-refractivity contribution in [1.82, 2.24) is 15.6 Å². The molecule has 0 bridgehead atoms. The second kappa shape index (κ2) is 8.98. The molecule has 1 saturated heterocycles. The number of benzene rings is 2. The van der Waals surface area contributed by atoms with Crippen LogP contribution in [0.15, 0.2) is 42.5 Å². The summed E-state index contributed by atoms with van der Waals surface area (Å²) in [5.74, 6) is -0.801. The largest absolute Gasteiger partial charge is 0.494 e. The summed E-state index contributed by atoms with van der Waals surface area (Å²) in [5, 5.41) is 6.64. The SMILES string of the molecule is COc1cc(CC2(CCC(=O)NCc3cc4cc(F)ccc4[nH]3)CCC(=O)N2)ccc1F. The lowest BCUT2D eigenvalue weighted by Crippen LogP contribution is -2.44. The Morgan fingerprint density at radius 3 is 2.78 bits per heavy atom. The molecule has 0 aliphatic carbocycles. The molecule has 0 spiro atoms. The fourth-order valence-corrected chi connectivity index (χ4v) is 4.28. The average Bonchev–Trinajstić information content (AvgIpc) is 3.35. The van der Waals surface area contributed by atoms with Crippen LogP contribution in [0.3, 0.4) is 0 Å². The predicted octanol–water partition coefficient (Wildman–Crippen LogP) is 3.74. The fraction of sp³-hybridized carbons (Fsp3) is 0.333. The molecule has 168 valence electrons. The van der Waals surface area contributed by atoms with Gasteiger partial charge >= 0.3 is 0 Å². The molecule has 1 aliphatic rings. The van der Waals surface area contributed by atoms with Crippen LogP contribution in [0.1, 0.15) is 36.9 Å². The highest BCUT2D eigenvalue weighted by atomic mass is 19.1. The lowest BCUT2D eigenvalue weighted by Gasteiger charge is -2.29. The number of carbonyl (C=O) groups excluding carboxylic acids is 2. The highest BCUT2D eigenvalue weighted by Gasteiger charge is 2.38. The third-order valence-electron chi connectivity index (χ3n) is 5.94. The first-order chi connectivity index (χ1) is 15.4. The molecule has 3 aromatic rings. The molecule has 0 radical (unpaired) electrons. The molecule has 1 aliphatic heterocycles. The molecule has 2 heterocycles. The van der Waals surface area contributed by atoms with Crippen molar-refractivity contribution in [2.45, 2.75) is 44.2 Å². The molecular weight excluding hydrogens is 416 g/mol. The van der Waals surface area contributed by atoms with E-state index in [-0.39, 0.29) is 29.8 Å². The van der Waals surface area contributed by atoms with E-state index < -0.39 is 11.4 Å². The van der Waals surface area contributed by atoms with Crippen LogP contribution >= 0.6 is 0 Å². The van der Waals surface area contributed by atoms with Gasteiger partial charge in [0.2, 0.25) is 11.8 Å². The molecule has 2 amide bonds. The Labute approximate surface area is 184 Å². The van der Waals surface area contributed by atoms with Gasteiger partial charge in [-0.05, 0) is 61.2 Å².